The fourth-order valence-corrected chi connectivity index (χ4v) is 3.70. The Morgan fingerprint density at radius 2 is 2.25 bits per heavy atom. The molecule has 0 spiro atoms. The molecule has 3 rings (SSSR count). The summed E-state index contributed by atoms with van der Waals surface area (Å²) in [7, 11) is 0. The molecule has 24 heavy (non-hydrogen) atoms. The first-order valence-electron chi connectivity index (χ1n) is 8.06. The van der Waals surface area contributed by atoms with E-state index in [1.807, 2.05) is 28.9 Å². The quantitative estimate of drug-likeness (QED) is 0.920. The van der Waals surface area contributed by atoms with Crippen LogP contribution in [0.25, 0.3) is 0 Å². The van der Waals surface area contributed by atoms with Crippen LogP contribution in [0.2, 0.25) is 0 Å². The molecule has 8 heteroatoms. The lowest BCUT2D eigenvalue weighted by molar-refractivity contribution is -0.114. The first-order chi connectivity index (χ1) is 11.5. The molecule has 1 aliphatic rings. The maximum atomic E-state index is 12.8. The van der Waals surface area contributed by atoms with E-state index in [9.17, 15) is 9.59 Å². The fourth-order valence-electron chi connectivity index (χ4n) is 2.97. The standard InChI is InChI=1S/C16H21N5O2S/c1-11-7-17-20(8-11)9-13-5-3-4-6-21(13)15(23)14-10-24-16(19-14)18-12(2)22/h7-8,10,13H,3-6,9H2,1-2H3,(H,18,19,22)/t13-/m0/s1. The van der Waals surface area contributed by atoms with Crippen molar-refractivity contribution in [1.29, 1.82) is 0 Å². The first-order valence-corrected chi connectivity index (χ1v) is 8.94. The molecule has 0 aliphatic carbocycles. The Labute approximate surface area is 144 Å². The van der Waals surface area contributed by atoms with Gasteiger partial charge in [-0.2, -0.15) is 5.10 Å². The minimum absolute atomic E-state index is 0.0727. The molecule has 0 bridgehead atoms. The Balaban J connectivity index is 1.73. The summed E-state index contributed by atoms with van der Waals surface area (Å²) in [6.07, 6.45) is 6.91. The molecule has 2 aromatic rings. The van der Waals surface area contributed by atoms with E-state index in [0.29, 0.717) is 17.4 Å². The minimum atomic E-state index is -0.187. The SMILES string of the molecule is CC(=O)Nc1nc(C(=O)N2CCCC[C@H]2Cn2cc(C)cn2)cs1. The maximum absolute atomic E-state index is 12.8. The van der Waals surface area contributed by atoms with E-state index in [-0.39, 0.29) is 17.9 Å². The number of amides is 2. The number of hydrogen-bond acceptors (Lipinski definition) is 5. The molecule has 2 amide bonds. The van der Waals surface area contributed by atoms with E-state index < -0.39 is 0 Å². The number of nitrogens with one attached hydrogen (secondary N) is 1. The molecule has 0 saturated carbocycles. The van der Waals surface area contributed by atoms with Gasteiger partial charge in [0, 0.05) is 25.0 Å². The Kier molecular flexibility index (Phi) is 4.94. The molecule has 0 aromatic carbocycles. The van der Waals surface area contributed by atoms with Crippen LogP contribution in [0.1, 0.15) is 42.2 Å². The molecule has 1 fully saturated rings. The number of aryl methyl sites for hydroxylation is 1. The van der Waals surface area contributed by atoms with Crippen LogP contribution in [0.3, 0.4) is 0 Å². The van der Waals surface area contributed by atoms with Crippen LogP contribution in [0.4, 0.5) is 5.13 Å². The summed E-state index contributed by atoms with van der Waals surface area (Å²) < 4.78 is 1.90. The zero-order valence-electron chi connectivity index (χ0n) is 13.9. The molecular weight excluding hydrogens is 326 g/mol. The lowest BCUT2D eigenvalue weighted by atomic mass is 10.0. The topological polar surface area (TPSA) is 80.1 Å². The van der Waals surface area contributed by atoms with E-state index in [2.05, 4.69) is 15.4 Å². The highest BCUT2D eigenvalue weighted by molar-refractivity contribution is 7.14. The summed E-state index contributed by atoms with van der Waals surface area (Å²) in [5.74, 6) is -0.260. The maximum Gasteiger partial charge on any atom is 0.273 e. The van der Waals surface area contributed by atoms with E-state index in [4.69, 9.17) is 0 Å². The molecule has 2 aromatic heterocycles. The Hall–Kier alpha value is -2.22. The second-order valence-electron chi connectivity index (χ2n) is 6.11. The molecule has 0 radical (unpaired) electrons. The predicted molar refractivity (Wildman–Crippen MR) is 92.1 cm³/mol. The number of likely N-dealkylation sites (tertiary alicyclic amines) is 1. The summed E-state index contributed by atoms with van der Waals surface area (Å²) >= 11 is 1.27. The van der Waals surface area contributed by atoms with Crippen LogP contribution in [0.15, 0.2) is 17.8 Å². The van der Waals surface area contributed by atoms with Crippen molar-refractivity contribution < 1.29 is 9.59 Å². The zero-order valence-corrected chi connectivity index (χ0v) is 14.7. The zero-order chi connectivity index (χ0) is 17.1. The van der Waals surface area contributed by atoms with Crippen molar-refractivity contribution in [1.82, 2.24) is 19.7 Å². The van der Waals surface area contributed by atoms with Crippen LogP contribution in [-0.2, 0) is 11.3 Å². The van der Waals surface area contributed by atoms with Gasteiger partial charge in [0.25, 0.3) is 5.91 Å². The van der Waals surface area contributed by atoms with Gasteiger partial charge in [-0.05, 0) is 31.7 Å². The van der Waals surface area contributed by atoms with Gasteiger partial charge in [0.05, 0.1) is 18.8 Å². The van der Waals surface area contributed by atoms with Gasteiger partial charge in [0.15, 0.2) is 5.13 Å². The highest BCUT2D eigenvalue weighted by Crippen LogP contribution is 2.23. The highest BCUT2D eigenvalue weighted by atomic mass is 32.1. The smallest absolute Gasteiger partial charge is 0.273 e. The van der Waals surface area contributed by atoms with Crippen LogP contribution < -0.4 is 5.32 Å². The lowest BCUT2D eigenvalue weighted by Gasteiger charge is -2.35. The molecule has 1 saturated heterocycles. The average Bonchev–Trinajstić information content (AvgIpc) is 3.16. The largest absolute Gasteiger partial charge is 0.332 e. The average molecular weight is 347 g/mol. The number of thiazole rings is 1. The number of carbonyl (C=O) groups excluding carboxylic acids is 2. The van der Waals surface area contributed by atoms with Crippen molar-refractivity contribution >= 4 is 28.3 Å². The van der Waals surface area contributed by atoms with Gasteiger partial charge in [0.2, 0.25) is 5.91 Å². The summed E-state index contributed by atoms with van der Waals surface area (Å²) in [5.41, 5.74) is 1.51. The number of anilines is 1. The van der Waals surface area contributed by atoms with E-state index in [1.54, 1.807) is 5.38 Å². The molecule has 1 atom stereocenters. The molecular formula is C16H21N5O2S. The number of carbonyl (C=O) groups is 2. The molecule has 3 heterocycles. The van der Waals surface area contributed by atoms with Gasteiger partial charge in [0.1, 0.15) is 5.69 Å². The third-order valence-corrected chi connectivity index (χ3v) is 4.81. The summed E-state index contributed by atoms with van der Waals surface area (Å²) in [4.78, 5) is 30.1. The summed E-state index contributed by atoms with van der Waals surface area (Å²) in [6.45, 7) is 4.86. The predicted octanol–water partition coefficient (Wildman–Crippen LogP) is 2.30. The van der Waals surface area contributed by atoms with Gasteiger partial charge in [-0.3, -0.25) is 14.3 Å². The van der Waals surface area contributed by atoms with Gasteiger partial charge >= 0.3 is 0 Å². The van der Waals surface area contributed by atoms with Crippen molar-refractivity contribution in [3.05, 3.63) is 29.0 Å². The van der Waals surface area contributed by atoms with Crippen molar-refractivity contribution in [3.8, 4) is 0 Å². The van der Waals surface area contributed by atoms with Gasteiger partial charge in [-0.15, -0.1) is 11.3 Å². The van der Waals surface area contributed by atoms with Crippen LogP contribution in [0, 0.1) is 6.92 Å². The number of hydrogen-bond donors (Lipinski definition) is 1. The Morgan fingerprint density at radius 3 is 2.96 bits per heavy atom. The van der Waals surface area contributed by atoms with Crippen molar-refractivity contribution in [2.45, 2.75) is 45.7 Å². The lowest BCUT2D eigenvalue weighted by Crippen LogP contribution is -2.46. The Morgan fingerprint density at radius 1 is 1.42 bits per heavy atom. The van der Waals surface area contributed by atoms with E-state index in [1.165, 1.54) is 18.3 Å². The Bertz CT molecular complexity index is 738. The third kappa shape index (κ3) is 3.81. The third-order valence-electron chi connectivity index (χ3n) is 4.05. The van der Waals surface area contributed by atoms with Crippen LogP contribution in [-0.4, -0.2) is 44.1 Å². The van der Waals surface area contributed by atoms with Gasteiger partial charge in [-0.25, -0.2) is 4.98 Å². The summed E-state index contributed by atoms with van der Waals surface area (Å²) in [5, 5.41) is 9.12. The van der Waals surface area contributed by atoms with Gasteiger partial charge < -0.3 is 10.2 Å². The monoisotopic (exact) mass is 347 g/mol. The fraction of sp³-hybridized carbons (Fsp3) is 0.500. The van der Waals surface area contributed by atoms with E-state index in [0.717, 1.165) is 31.4 Å². The van der Waals surface area contributed by atoms with Crippen LogP contribution >= 0.6 is 11.3 Å². The molecule has 128 valence electrons. The second kappa shape index (κ2) is 7.12. The molecule has 1 aliphatic heterocycles. The molecule has 0 unspecified atom stereocenters. The minimum Gasteiger partial charge on any atom is -0.332 e. The number of nitrogens with zero attached hydrogens (tertiary/aromatic N) is 4. The normalized spacial score (nSPS) is 17.8. The first kappa shape index (κ1) is 16.6. The number of aromatic nitrogens is 3. The number of piperidine rings is 1. The molecule has 1 N–H and O–H groups in total. The van der Waals surface area contributed by atoms with Gasteiger partial charge in [-0.1, -0.05) is 0 Å². The summed E-state index contributed by atoms with van der Waals surface area (Å²) in [6, 6.07) is 0.122. The molecule has 7 nitrogen and oxygen atoms in total. The van der Waals surface area contributed by atoms with Crippen molar-refractivity contribution in [3.63, 3.8) is 0 Å². The number of rotatable bonds is 4. The van der Waals surface area contributed by atoms with Crippen LogP contribution in [0.5, 0.6) is 0 Å². The van der Waals surface area contributed by atoms with Crippen molar-refractivity contribution in [2.24, 2.45) is 0 Å². The van der Waals surface area contributed by atoms with E-state index >= 15 is 0 Å². The highest BCUT2D eigenvalue weighted by Gasteiger charge is 2.29. The second-order valence-corrected chi connectivity index (χ2v) is 6.97. The van der Waals surface area contributed by atoms with Crippen molar-refractivity contribution in [2.75, 3.05) is 11.9 Å².